The normalized spacial score (nSPS) is 10.3. The SMILES string of the molecule is CCCCCCCCCNC(=O)CCN. The van der Waals surface area contributed by atoms with Crippen molar-refractivity contribution in [3.8, 4) is 0 Å². The zero-order valence-electron chi connectivity index (χ0n) is 10.1. The molecule has 0 aromatic heterocycles. The average molecular weight is 214 g/mol. The molecule has 0 radical (unpaired) electrons. The van der Waals surface area contributed by atoms with Crippen LogP contribution in [0.25, 0.3) is 0 Å². The Labute approximate surface area is 93.8 Å². The lowest BCUT2D eigenvalue weighted by molar-refractivity contribution is -0.120. The second-order valence-electron chi connectivity index (χ2n) is 4.01. The van der Waals surface area contributed by atoms with Gasteiger partial charge in [-0.1, -0.05) is 45.4 Å². The summed E-state index contributed by atoms with van der Waals surface area (Å²) in [6, 6.07) is 0. The van der Waals surface area contributed by atoms with Gasteiger partial charge in [-0.3, -0.25) is 4.79 Å². The third-order valence-electron chi connectivity index (χ3n) is 2.47. The quantitative estimate of drug-likeness (QED) is 0.548. The smallest absolute Gasteiger partial charge is 0.221 e. The van der Waals surface area contributed by atoms with Crippen molar-refractivity contribution < 1.29 is 4.79 Å². The first-order valence-corrected chi connectivity index (χ1v) is 6.28. The molecule has 0 unspecified atom stereocenters. The van der Waals surface area contributed by atoms with Crippen LogP contribution in [0.4, 0.5) is 0 Å². The molecule has 0 aliphatic heterocycles. The van der Waals surface area contributed by atoms with E-state index < -0.39 is 0 Å². The summed E-state index contributed by atoms with van der Waals surface area (Å²) in [6.07, 6.45) is 9.43. The zero-order valence-corrected chi connectivity index (χ0v) is 10.1. The highest BCUT2D eigenvalue weighted by Gasteiger charge is 1.97. The molecule has 15 heavy (non-hydrogen) atoms. The van der Waals surface area contributed by atoms with Crippen LogP contribution in [0.3, 0.4) is 0 Å². The van der Waals surface area contributed by atoms with E-state index in [-0.39, 0.29) is 5.91 Å². The number of nitrogens with one attached hydrogen (secondary N) is 1. The first-order valence-electron chi connectivity index (χ1n) is 6.28. The van der Waals surface area contributed by atoms with Crippen LogP contribution < -0.4 is 11.1 Å². The van der Waals surface area contributed by atoms with Gasteiger partial charge in [0, 0.05) is 19.5 Å². The fourth-order valence-electron chi connectivity index (χ4n) is 1.53. The summed E-state index contributed by atoms with van der Waals surface area (Å²) in [4.78, 5) is 11.0. The highest BCUT2D eigenvalue weighted by Crippen LogP contribution is 2.06. The summed E-state index contributed by atoms with van der Waals surface area (Å²) < 4.78 is 0. The molecule has 0 spiro atoms. The van der Waals surface area contributed by atoms with Gasteiger partial charge in [-0.05, 0) is 6.42 Å². The fraction of sp³-hybridized carbons (Fsp3) is 0.917. The maximum Gasteiger partial charge on any atom is 0.221 e. The molecule has 3 nitrogen and oxygen atoms in total. The number of nitrogens with two attached hydrogens (primary N) is 1. The summed E-state index contributed by atoms with van der Waals surface area (Å²) in [5, 5.41) is 2.87. The Hall–Kier alpha value is -0.570. The first kappa shape index (κ1) is 14.4. The number of unbranched alkanes of at least 4 members (excludes halogenated alkanes) is 6. The molecule has 0 rings (SSSR count). The van der Waals surface area contributed by atoms with Crippen molar-refractivity contribution in [3.63, 3.8) is 0 Å². The Morgan fingerprint density at radius 2 is 1.67 bits per heavy atom. The van der Waals surface area contributed by atoms with Gasteiger partial charge in [0.2, 0.25) is 5.91 Å². The summed E-state index contributed by atoms with van der Waals surface area (Å²) in [7, 11) is 0. The Morgan fingerprint density at radius 3 is 2.27 bits per heavy atom. The van der Waals surface area contributed by atoms with E-state index in [4.69, 9.17) is 5.73 Å². The van der Waals surface area contributed by atoms with Crippen LogP contribution in [-0.4, -0.2) is 19.0 Å². The Kier molecular flexibility index (Phi) is 11.1. The van der Waals surface area contributed by atoms with Gasteiger partial charge in [-0.2, -0.15) is 0 Å². The monoisotopic (exact) mass is 214 g/mol. The van der Waals surface area contributed by atoms with Crippen LogP contribution >= 0.6 is 0 Å². The number of carbonyl (C=O) groups is 1. The van der Waals surface area contributed by atoms with Crippen molar-refractivity contribution in [1.29, 1.82) is 0 Å². The molecule has 3 N–H and O–H groups in total. The fourth-order valence-corrected chi connectivity index (χ4v) is 1.53. The summed E-state index contributed by atoms with van der Waals surface area (Å²) in [5.74, 6) is 0.0866. The number of hydrogen-bond donors (Lipinski definition) is 2. The lowest BCUT2D eigenvalue weighted by atomic mass is 10.1. The second-order valence-corrected chi connectivity index (χ2v) is 4.01. The Morgan fingerprint density at radius 1 is 1.07 bits per heavy atom. The molecule has 0 atom stereocenters. The van der Waals surface area contributed by atoms with Crippen molar-refractivity contribution in [3.05, 3.63) is 0 Å². The topological polar surface area (TPSA) is 55.1 Å². The maximum atomic E-state index is 11.0. The standard InChI is InChI=1S/C12H26N2O/c1-2-3-4-5-6-7-8-11-14-12(15)9-10-13/h2-11,13H2,1H3,(H,14,15). The summed E-state index contributed by atoms with van der Waals surface area (Å²) >= 11 is 0. The van der Waals surface area contributed by atoms with E-state index in [9.17, 15) is 4.79 Å². The van der Waals surface area contributed by atoms with Gasteiger partial charge in [0.15, 0.2) is 0 Å². The van der Waals surface area contributed by atoms with Crippen molar-refractivity contribution >= 4 is 5.91 Å². The Balaban J connectivity index is 3.01. The highest BCUT2D eigenvalue weighted by molar-refractivity contribution is 5.75. The molecule has 0 saturated carbocycles. The van der Waals surface area contributed by atoms with E-state index in [1.54, 1.807) is 0 Å². The van der Waals surface area contributed by atoms with Gasteiger partial charge in [-0.25, -0.2) is 0 Å². The third kappa shape index (κ3) is 11.4. The molecule has 0 saturated heterocycles. The molecule has 0 heterocycles. The van der Waals surface area contributed by atoms with E-state index in [1.807, 2.05) is 0 Å². The lowest BCUT2D eigenvalue weighted by Crippen LogP contribution is -2.26. The number of hydrogen-bond acceptors (Lipinski definition) is 2. The van der Waals surface area contributed by atoms with Crippen LogP contribution in [0.1, 0.15) is 58.3 Å². The summed E-state index contributed by atoms with van der Waals surface area (Å²) in [6.45, 7) is 3.49. The van der Waals surface area contributed by atoms with Gasteiger partial charge >= 0.3 is 0 Å². The van der Waals surface area contributed by atoms with Crippen molar-refractivity contribution in [2.45, 2.75) is 58.3 Å². The minimum Gasteiger partial charge on any atom is -0.356 e. The molecule has 0 aromatic carbocycles. The maximum absolute atomic E-state index is 11.0. The highest BCUT2D eigenvalue weighted by atomic mass is 16.1. The predicted molar refractivity (Wildman–Crippen MR) is 64.7 cm³/mol. The minimum absolute atomic E-state index is 0.0866. The average Bonchev–Trinajstić information content (AvgIpc) is 2.22. The van der Waals surface area contributed by atoms with Crippen LogP contribution in [0.15, 0.2) is 0 Å². The molecule has 0 fully saturated rings. The number of carbonyl (C=O) groups excluding carboxylic acids is 1. The Bertz CT molecular complexity index is 149. The van der Waals surface area contributed by atoms with Gasteiger partial charge < -0.3 is 11.1 Å². The van der Waals surface area contributed by atoms with E-state index in [0.29, 0.717) is 13.0 Å². The van der Waals surface area contributed by atoms with E-state index in [1.165, 1.54) is 38.5 Å². The van der Waals surface area contributed by atoms with E-state index in [2.05, 4.69) is 12.2 Å². The van der Waals surface area contributed by atoms with Crippen LogP contribution in [0, 0.1) is 0 Å². The molecule has 0 bridgehead atoms. The number of rotatable bonds is 10. The molecular formula is C12H26N2O. The van der Waals surface area contributed by atoms with Crippen LogP contribution in [0.5, 0.6) is 0 Å². The predicted octanol–water partition coefficient (Wildman–Crippen LogP) is 2.20. The molecular weight excluding hydrogens is 188 g/mol. The summed E-state index contributed by atoms with van der Waals surface area (Å²) in [5.41, 5.74) is 5.27. The van der Waals surface area contributed by atoms with Crippen molar-refractivity contribution in [2.24, 2.45) is 5.73 Å². The van der Waals surface area contributed by atoms with E-state index in [0.717, 1.165) is 13.0 Å². The number of amides is 1. The van der Waals surface area contributed by atoms with E-state index >= 15 is 0 Å². The second kappa shape index (κ2) is 11.5. The first-order chi connectivity index (χ1) is 7.31. The van der Waals surface area contributed by atoms with Gasteiger partial charge in [-0.15, -0.1) is 0 Å². The largest absolute Gasteiger partial charge is 0.356 e. The molecule has 1 amide bonds. The lowest BCUT2D eigenvalue weighted by Gasteiger charge is -2.04. The van der Waals surface area contributed by atoms with Gasteiger partial charge in [0.1, 0.15) is 0 Å². The van der Waals surface area contributed by atoms with Gasteiger partial charge in [0.25, 0.3) is 0 Å². The van der Waals surface area contributed by atoms with Crippen molar-refractivity contribution in [1.82, 2.24) is 5.32 Å². The van der Waals surface area contributed by atoms with Gasteiger partial charge in [0.05, 0.1) is 0 Å². The molecule has 90 valence electrons. The third-order valence-corrected chi connectivity index (χ3v) is 2.47. The zero-order chi connectivity index (χ0) is 11.4. The molecule has 3 heteroatoms. The van der Waals surface area contributed by atoms with Crippen LogP contribution in [0.2, 0.25) is 0 Å². The minimum atomic E-state index is 0.0866. The van der Waals surface area contributed by atoms with Crippen molar-refractivity contribution in [2.75, 3.05) is 13.1 Å². The molecule has 0 aliphatic rings. The molecule has 0 aliphatic carbocycles. The molecule has 0 aromatic rings. The van der Waals surface area contributed by atoms with Crippen LogP contribution in [-0.2, 0) is 4.79 Å².